The van der Waals surface area contributed by atoms with E-state index in [1.54, 1.807) is 6.08 Å². The van der Waals surface area contributed by atoms with Crippen molar-refractivity contribution in [2.75, 3.05) is 25.6 Å². The number of allylic oxidation sites excluding steroid dienone is 11. The number of aliphatic hydroxyl groups is 4. The number of ether oxygens (including phenoxy) is 3. The number of anilines is 1. The summed E-state index contributed by atoms with van der Waals surface area (Å²) >= 11 is 0. The zero-order chi connectivity index (χ0) is 53.0. The van der Waals surface area contributed by atoms with Crippen molar-refractivity contribution in [3.8, 4) is 0 Å². The third-order valence-corrected chi connectivity index (χ3v) is 13.6. The molecule has 0 aromatic carbocycles. The quantitative estimate of drug-likeness (QED) is 0.0141. The van der Waals surface area contributed by atoms with Gasteiger partial charge in [-0.1, -0.05) is 119 Å². The lowest BCUT2D eigenvalue weighted by molar-refractivity contribution is -0.161. The highest BCUT2D eigenvalue weighted by atomic mass is 31.3. The van der Waals surface area contributed by atoms with E-state index in [1.807, 2.05) is 12.2 Å². The second-order valence-electron chi connectivity index (χ2n) is 17.2. The molecule has 1 aliphatic rings. The fourth-order valence-corrected chi connectivity index (χ4v) is 9.07. The van der Waals surface area contributed by atoms with Gasteiger partial charge in [-0.2, -0.15) is 9.29 Å². The maximum atomic E-state index is 12.9. The Labute approximate surface area is 424 Å². The van der Waals surface area contributed by atoms with Crippen LogP contribution in [0.25, 0.3) is 0 Å². The molecule has 0 bridgehead atoms. The standard InChI is InChI=1S/C50H81N3O17P2/c1-3-5-7-9-11-13-15-17-18-19-21-23-25-27-29-33-45(56)65-37-40(68-46(57)34-30-32-42(55)41(54)31-28-26-24-22-20-16-14-12-10-8-6-4-2)38-66-71(61,62)70-72(63,64)67-39-43-47(58)48(59)49(69-43)53-36-35-44(51)52-50(53)60/h5,7,11-14,17-18,20,22,26,28,35-36,40-43,47-49,54-55,58-59H,3-4,6,8-10,15-16,19,21,23-25,27,29-34,37-39H2,1-2H3,(H,61,62)(H,63,64)(H2,51,52,60)/b7-5-,13-11-,14-12-,18-17-,22-20-,28-26-/t40-,41?,42?,43-,47-,48-,49-/m1/s1. The molecular weight excluding hydrogens is 977 g/mol. The molecule has 408 valence electrons. The normalized spacial score (nSPS) is 20.6. The van der Waals surface area contributed by atoms with Crippen molar-refractivity contribution < 1.29 is 76.5 Å². The first-order valence-corrected chi connectivity index (χ1v) is 28.1. The first-order valence-electron chi connectivity index (χ1n) is 25.1. The number of aliphatic hydroxyl groups excluding tert-OH is 4. The summed E-state index contributed by atoms with van der Waals surface area (Å²) in [6.45, 7) is 1.70. The Kier molecular flexibility index (Phi) is 33.7. The number of hydrogen-bond donors (Lipinski definition) is 7. The molecule has 9 atom stereocenters. The number of aromatic nitrogens is 2. The average Bonchev–Trinajstić information content (AvgIpc) is 3.61. The molecule has 2 heterocycles. The van der Waals surface area contributed by atoms with Crippen LogP contribution in [0.1, 0.15) is 148 Å². The number of carbonyl (C=O) groups excluding carboxylic acids is 2. The molecule has 0 spiro atoms. The molecule has 22 heteroatoms. The second-order valence-corrected chi connectivity index (χ2v) is 20.3. The van der Waals surface area contributed by atoms with Crippen LogP contribution in [0.3, 0.4) is 0 Å². The third-order valence-electron chi connectivity index (χ3n) is 11.0. The largest absolute Gasteiger partial charge is 0.481 e. The number of rotatable bonds is 40. The number of nitrogens with two attached hydrogens (primary N) is 1. The van der Waals surface area contributed by atoms with Crippen LogP contribution in [0, 0.1) is 0 Å². The van der Waals surface area contributed by atoms with Gasteiger partial charge in [-0.25, -0.2) is 13.9 Å². The highest BCUT2D eigenvalue weighted by Gasteiger charge is 2.46. The number of esters is 2. The fraction of sp³-hybridized carbons (Fsp3) is 0.640. The van der Waals surface area contributed by atoms with Gasteiger partial charge >= 0.3 is 33.3 Å². The maximum Gasteiger partial charge on any atom is 0.481 e. The van der Waals surface area contributed by atoms with Gasteiger partial charge in [0.2, 0.25) is 0 Å². The van der Waals surface area contributed by atoms with Crippen LogP contribution in [0.5, 0.6) is 0 Å². The first kappa shape index (κ1) is 64.2. The van der Waals surface area contributed by atoms with Crippen molar-refractivity contribution in [3.63, 3.8) is 0 Å². The Morgan fingerprint density at radius 2 is 1.31 bits per heavy atom. The number of unbranched alkanes of at least 4 members (excludes halogenated alkanes) is 8. The molecular formula is C50H81N3O17P2. The minimum absolute atomic E-state index is 0.0294. The van der Waals surface area contributed by atoms with Gasteiger partial charge in [0.15, 0.2) is 12.3 Å². The van der Waals surface area contributed by atoms with E-state index < -0.39 is 95.9 Å². The summed E-state index contributed by atoms with van der Waals surface area (Å²) in [6.07, 6.45) is 30.0. The number of carbonyl (C=O) groups is 2. The minimum Gasteiger partial charge on any atom is -0.462 e. The zero-order valence-corrected chi connectivity index (χ0v) is 43.7. The van der Waals surface area contributed by atoms with Crippen LogP contribution in [0.15, 0.2) is 90.0 Å². The van der Waals surface area contributed by atoms with Crippen LogP contribution in [-0.4, -0.2) is 108 Å². The number of nitrogen functional groups attached to an aromatic ring is 1. The van der Waals surface area contributed by atoms with Gasteiger partial charge in [0.1, 0.15) is 30.7 Å². The summed E-state index contributed by atoms with van der Waals surface area (Å²) in [5.41, 5.74) is 4.56. The summed E-state index contributed by atoms with van der Waals surface area (Å²) in [5.74, 6) is -1.63. The Bertz CT molecular complexity index is 2030. The number of phosphoric acid groups is 2. The Balaban J connectivity index is 1.89. The molecule has 20 nitrogen and oxygen atoms in total. The van der Waals surface area contributed by atoms with E-state index in [0.29, 0.717) is 12.8 Å². The van der Waals surface area contributed by atoms with Gasteiger partial charge < -0.3 is 50.2 Å². The van der Waals surface area contributed by atoms with E-state index in [1.165, 1.54) is 25.3 Å². The number of nitrogens with zero attached hydrogens (tertiary/aromatic N) is 2. The van der Waals surface area contributed by atoms with Gasteiger partial charge in [0.25, 0.3) is 0 Å². The van der Waals surface area contributed by atoms with Gasteiger partial charge in [-0.15, -0.1) is 0 Å². The maximum absolute atomic E-state index is 12.9. The van der Waals surface area contributed by atoms with E-state index in [9.17, 15) is 53.7 Å². The van der Waals surface area contributed by atoms with Crippen molar-refractivity contribution in [1.29, 1.82) is 0 Å². The predicted molar refractivity (Wildman–Crippen MR) is 273 cm³/mol. The highest BCUT2D eigenvalue weighted by molar-refractivity contribution is 7.61. The monoisotopic (exact) mass is 1060 g/mol. The molecule has 1 fully saturated rings. The molecule has 1 aliphatic heterocycles. The average molecular weight is 1060 g/mol. The van der Waals surface area contributed by atoms with Gasteiger partial charge in [0.05, 0.1) is 25.4 Å². The smallest absolute Gasteiger partial charge is 0.462 e. The Morgan fingerprint density at radius 3 is 1.94 bits per heavy atom. The van der Waals surface area contributed by atoms with Crippen molar-refractivity contribution in [1.82, 2.24) is 9.55 Å². The third kappa shape index (κ3) is 29.7. The molecule has 0 saturated carbocycles. The van der Waals surface area contributed by atoms with Crippen molar-refractivity contribution >= 4 is 33.4 Å². The highest BCUT2D eigenvalue weighted by Crippen LogP contribution is 2.60. The molecule has 1 saturated heterocycles. The van der Waals surface area contributed by atoms with Crippen molar-refractivity contribution in [3.05, 3.63) is 95.7 Å². The molecule has 0 radical (unpaired) electrons. The molecule has 72 heavy (non-hydrogen) atoms. The lowest BCUT2D eigenvalue weighted by Crippen LogP contribution is -2.36. The summed E-state index contributed by atoms with van der Waals surface area (Å²) in [4.78, 5) is 61.9. The fourth-order valence-electron chi connectivity index (χ4n) is 6.96. The van der Waals surface area contributed by atoms with E-state index in [2.05, 4.69) is 77.8 Å². The molecule has 0 aliphatic carbocycles. The summed E-state index contributed by atoms with van der Waals surface area (Å²) in [7, 11) is -11.0. The van der Waals surface area contributed by atoms with Crippen LogP contribution >= 0.6 is 15.6 Å². The molecule has 0 amide bonds. The molecule has 8 N–H and O–H groups in total. The summed E-state index contributed by atoms with van der Waals surface area (Å²) in [6, 6.07) is 1.23. The minimum atomic E-state index is -5.51. The topological polar surface area (TPSA) is 306 Å². The second kappa shape index (κ2) is 37.8. The molecule has 1 aromatic heterocycles. The van der Waals surface area contributed by atoms with Crippen LogP contribution in [-0.2, 0) is 46.3 Å². The van der Waals surface area contributed by atoms with E-state index >= 15 is 0 Å². The van der Waals surface area contributed by atoms with Gasteiger partial charge in [0, 0.05) is 19.0 Å². The summed E-state index contributed by atoms with van der Waals surface area (Å²) in [5, 5.41) is 41.8. The molecule has 1 aromatic rings. The van der Waals surface area contributed by atoms with Crippen molar-refractivity contribution in [2.45, 2.75) is 185 Å². The van der Waals surface area contributed by atoms with Crippen molar-refractivity contribution in [2.24, 2.45) is 0 Å². The SMILES string of the molecule is CC/C=C\C/C=C\C/C=C\CCCCCCCC(=O)OC[C@H](COP(=O)(O)OP(=O)(O)OC[C@H]1O[C@@H](n2ccc(N)nc2=O)[C@H](O)[C@@H]1O)OC(=O)CCCC(O)C(O)C/C=C\C/C=C\C/C=C\CCCCC. The Morgan fingerprint density at radius 1 is 0.736 bits per heavy atom. The lowest BCUT2D eigenvalue weighted by atomic mass is 10.0. The molecule has 2 rings (SSSR count). The first-order chi connectivity index (χ1) is 34.5. The van der Waals surface area contributed by atoms with E-state index in [0.717, 1.165) is 75.0 Å². The van der Waals surface area contributed by atoms with Crippen LogP contribution < -0.4 is 11.4 Å². The van der Waals surface area contributed by atoms with Crippen LogP contribution in [0.4, 0.5) is 5.82 Å². The predicted octanol–water partition coefficient (Wildman–Crippen LogP) is 8.05. The van der Waals surface area contributed by atoms with Gasteiger partial charge in [-0.05, 0) is 89.5 Å². The molecule has 4 unspecified atom stereocenters. The van der Waals surface area contributed by atoms with Gasteiger partial charge in [-0.3, -0.25) is 23.2 Å². The number of phosphoric ester groups is 2. The van der Waals surface area contributed by atoms with Crippen LogP contribution in [0.2, 0.25) is 0 Å². The lowest BCUT2D eigenvalue weighted by Gasteiger charge is -2.22. The number of hydrogen-bond acceptors (Lipinski definition) is 17. The zero-order valence-electron chi connectivity index (χ0n) is 41.9. The summed E-state index contributed by atoms with van der Waals surface area (Å²) < 4.78 is 56.5. The van der Waals surface area contributed by atoms with E-state index in [4.69, 9.17) is 29.0 Å². The van der Waals surface area contributed by atoms with E-state index in [-0.39, 0.29) is 37.9 Å². The Hall–Kier alpha value is -3.88.